The van der Waals surface area contributed by atoms with E-state index in [1.165, 1.54) is 9.81 Å². The van der Waals surface area contributed by atoms with Gasteiger partial charge in [-0.25, -0.2) is 23.4 Å². The van der Waals surface area contributed by atoms with Gasteiger partial charge in [-0.3, -0.25) is 0 Å². The van der Waals surface area contributed by atoms with Crippen molar-refractivity contribution in [2.75, 3.05) is 19.1 Å². The van der Waals surface area contributed by atoms with Crippen molar-refractivity contribution >= 4 is 52.1 Å². The zero-order valence-corrected chi connectivity index (χ0v) is 25.3. The Kier molecular flexibility index (Phi) is 11.9. The molecule has 0 aromatic carbocycles. The predicted molar refractivity (Wildman–Crippen MR) is 131 cm³/mol. The van der Waals surface area contributed by atoms with Gasteiger partial charge in [0.15, 0.2) is 0 Å². The van der Waals surface area contributed by atoms with E-state index in [-0.39, 0.29) is 41.1 Å². The molecular weight excluding hydrogens is 512 g/mol. The standard InChI is InChI=1S/C21H39O2S4.ClHO4/c1-13-23-17(22)16(27(11)12)21(26-20(8,9)10)14(24-18(2,3)4)15(21)25-19(5,6)7;2-1(3,4)5/h16H,13H2,1-12H3;(H,2,3,4,5)/q+1;/p-1. The number of carbonyl (C=O) groups is 1. The first-order chi connectivity index (χ1) is 13.9. The van der Waals surface area contributed by atoms with Crippen molar-refractivity contribution in [1.82, 2.24) is 0 Å². The first-order valence-corrected chi connectivity index (χ1v) is 15.9. The van der Waals surface area contributed by atoms with Crippen LogP contribution in [0.5, 0.6) is 0 Å². The molecule has 11 heteroatoms. The van der Waals surface area contributed by atoms with Crippen LogP contribution in [0.2, 0.25) is 0 Å². The fourth-order valence-corrected chi connectivity index (χ4v) is 9.91. The highest BCUT2D eigenvalue weighted by atomic mass is 35.7. The minimum Gasteiger partial charge on any atom is -0.462 e. The third-order valence-corrected chi connectivity index (χ3v) is 9.73. The second-order valence-corrected chi connectivity index (χ2v) is 19.2. The van der Waals surface area contributed by atoms with Gasteiger partial charge >= 0.3 is 5.97 Å². The Balaban J connectivity index is 0.00000172. The van der Waals surface area contributed by atoms with Crippen LogP contribution in [-0.4, -0.2) is 49.3 Å². The molecule has 0 saturated heterocycles. The van der Waals surface area contributed by atoms with Crippen LogP contribution in [0.4, 0.5) is 0 Å². The molecule has 0 radical (unpaired) electrons. The molecule has 1 rings (SSSR count). The van der Waals surface area contributed by atoms with Gasteiger partial charge in [0.2, 0.25) is 5.25 Å². The molecular formula is C21H39ClO6S4. The number of ether oxygens (including phenoxy) is 1. The van der Waals surface area contributed by atoms with Crippen molar-refractivity contribution in [1.29, 1.82) is 0 Å². The quantitative estimate of drug-likeness (QED) is 0.344. The van der Waals surface area contributed by atoms with E-state index < -0.39 is 10.2 Å². The lowest BCUT2D eigenvalue weighted by atomic mass is 10.2. The molecule has 1 aliphatic rings. The smallest absolute Gasteiger partial charge is 0.361 e. The van der Waals surface area contributed by atoms with Crippen LogP contribution >= 0.6 is 35.3 Å². The summed E-state index contributed by atoms with van der Waals surface area (Å²) in [5, 5.41) is -0.128. The minimum atomic E-state index is -4.94. The van der Waals surface area contributed by atoms with E-state index in [1.54, 1.807) is 0 Å². The van der Waals surface area contributed by atoms with Gasteiger partial charge in [-0.05, 0) is 17.8 Å². The molecule has 0 saturated carbocycles. The molecule has 0 bridgehead atoms. The first kappa shape index (κ1) is 32.7. The molecule has 0 fully saturated rings. The van der Waals surface area contributed by atoms with Gasteiger partial charge in [0.1, 0.15) is 4.75 Å². The molecule has 32 heavy (non-hydrogen) atoms. The van der Waals surface area contributed by atoms with E-state index in [0.29, 0.717) is 6.61 Å². The lowest BCUT2D eigenvalue weighted by Crippen LogP contribution is -2.68. The van der Waals surface area contributed by atoms with Gasteiger partial charge in [-0.15, -0.1) is 45.5 Å². The zero-order chi connectivity index (χ0) is 25.9. The van der Waals surface area contributed by atoms with Crippen LogP contribution in [0.25, 0.3) is 0 Å². The number of hydrogen-bond acceptors (Lipinski definition) is 9. The summed E-state index contributed by atoms with van der Waals surface area (Å²) in [4.78, 5) is 15.9. The van der Waals surface area contributed by atoms with Crippen LogP contribution in [0.15, 0.2) is 9.81 Å². The third kappa shape index (κ3) is 11.9. The van der Waals surface area contributed by atoms with Gasteiger partial charge < -0.3 is 4.74 Å². The average Bonchev–Trinajstić information content (AvgIpc) is 2.95. The summed E-state index contributed by atoms with van der Waals surface area (Å²) in [6.45, 7) is 22.6. The summed E-state index contributed by atoms with van der Waals surface area (Å²) in [7, 11) is -5.03. The number of esters is 1. The average molecular weight is 551 g/mol. The Labute approximate surface area is 212 Å². The lowest BCUT2D eigenvalue weighted by molar-refractivity contribution is -2.00. The molecule has 0 heterocycles. The van der Waals surface area contributed by atoms with Crippen LogP contribution < -0.4 is 18.6 Å². The fraction of sp³-hybridized carbons (Fsp3) is 0.857. The maximum atomic E-state index is 13.1. The van der Waals surface area contributed by atoms with E-state index >= 15 is 0 Å². The Hall–Kier alpha value is 0.740. The van der Waals surface area contributed by atoms with Crippen molar-refractivity contribution in [2.24, 2.45) is 0 Å². The van der Waals surface area contributed by atoms with Crippen LogP contribution in [0, 0.1) is 10.2 Å². The van der Waals surface area contributed by atoms with Crippen molar-refractivity contribution in [3.05, 3.63) is 9.81 Å². The molecule has 190 valence electrons. The number of halogens is 1. The summed E-state index contributed by atoms with van der Waals surface area (Å²) < 4.78 is 39.6. The highest BCUT2D eigenvalue weighted by Crippen LogP contribution is 2.71. The predicted octanol–water partition coefficient (Wildman–Crippen LogP) is 1.60. The lowest BCUT2D eigenvalue weighted by Gasteiger charge is -2.33. The molecule has 0 spiro atoms. The molecule has 6 nitrogen and oxygen atoms in total. The van der Waals surface area contributed by atoms with Crippen molar-refractivity contribution in [3.63, 3.8) is 0 Å². The molecule has 0 N–H and O–H groups in total. The number of thioether (sulfide) groups is 3. The largest absolute Gasteiger partial charge is 0.462 e. The summed E-state index contributed by atoms with van der Waals surface area (Å²) in [5.41, 5.74) is 0. The fourth-order valence-electron chi connectivity index (χ4n) is 2.87. The normalized spacial score (nSPS) is 17.7. The molecule has 0 amide bonds. The zero-order valence-electron chi connectivity index (χ0n) is 21.2. The minimum absolute atomic E-state index is 0.0425. The van der Waals surface area contributed by atoms with Gasteiger partial charge in [-0.2, -0.15) is 0 Å². The number of hydrogen-bond donors (Lipinski definition) is 0. The molecule has 1 unspecified atom stereocenters. The van der Waals surface area contributed by atoms with Gasteiger partial charge in [-0.1, -0.05) is 62.3 Å². The Morgan fingerprint density at radius 3 is 1.47 bits per heavy atom. The van der Waals surface area contributed by atoms with Crippen molar-refractivity contribution in [2.45, 2.75) is 93.5 Å². The molecule has 0 aromatic heterocycles. The van der Waals surface area contributed by atoms with Crippen LogP contribution in [0.3, 0.4) is 0 Å². The highest BCUT2D eigenvalue weighted by molar-refractivity contribution is 8.14. The molecule has 1 atom stereocenters. The summed E-state index contributed by atoms with van der Waals surface area (Å²) in [6.07, 6.45) is 4.37. The van der Waals surface area contributed by atoms with Crippen LogP contribution in [0.1, 0.15) is 69.2 Å². The van der Waals surface area contributed by atoms with Crippen molar-refractivity contribution < 1.29 is 38.4 Å². The van der Waals surface area contributed by atoms with E-state index in [1.807, 2.05) is 42.2 Å². The Morgan fingerprint density at radius 2 is 1.25 bits per heavy atom. The van der Waals surface area contributed by atoms with E-state index in [9.17, 15) is 4.79 Å². The Bertz CT molecular complexity index is 638. The SMILES string of the molecule is CCOC(=O)C([S+](C)C)C1(SC(C)(C)C)C(SC(C)(C)C)=C1SC(C)(C)C.[O-][Cl+3]([O-])([O-])[O-]. The second-order valence-electron chi connectivity index (χ2n) is 10.4. The Morgan fingerprint density at radius 1 is 0.906 bits per heavy atom. The van der Waals surface area contributed by atoms with Gasteiger partial charge in [0.05, 0.1) is 19.1 Å². The molecule has 0 aliphatic heterocycles. The maximum Gasteiger partial charge on any atom is 0.361 e. The molecule has 1 aliphatic carbocycles. The van der Waals surface area contributed by atoms with Gasteiger partial charge in [0.25, 0.3) is 0 Å². The first-order valence-electron chi connectivity index (χ1n) is 10.1. The topological polar surface area (TPSA) is 119 Å². The molecule has 0 aromatic rings. The van der Waals surface area contributed by atoms with Crippen LogP contribution in [-0.2, 0) is 20.4 Å². The third-order valence-electron chi connectivity index (χ3n) is 3.44. The monoisotopic (exact) mass is 550 g/mol. The number of carbonyl (C=O) groups excluding carboxylic acids is 1. The summed E-state index contributed by atoms with van der Waals surface area (Å²) >= 11 is 5.82. The van der Waals surface area contributed by atoms with E-state index in [0.717, 1.165) is 0 Å². The van der Waals surface area contributed by atoms with E-state index in [4.69, 9.17) is 23.4 Å². The summed E-state index contributed by atoms with van der Waals surface area (Å²) in [6, 6.07) is 0. The highest BCUT2D eigenvalue weighted by Gasteiger charge is 2.69. The number of rotatable bonds is 7. The second kappa shape index (κ2) is 11.6. The van der Waals surface area contributed by atoms with E-state index in [2.05, 4.69) is 74.8 Å². The summed E-state index contributed by atoms with van der Waals surface area (Å²) in [5.74, 6) is -0.0425. The van der Waals surface area contributed by atoms with Gasteiger partial charge in [0, 0.05) is 24.1 Å². The van der Waals surface area contributed by atoms with Crippen molar-refractivity contribution in [3.8, 4) is 0 Å². The maximum absolute atomic E-state index is 13.1.